The van der Waals surface area contributed by atoms with Crippen LogP contribution in [0.2, 0.25) is 0 Å². The lowest BCUT2D eigenvalue weighted by molar-refractivity contribution is -0.384. The van der Waals surface area contributed by atoms with E-state index in [1.54, 1.807) is 17.9 Å². The normalized spacial score (nSPS) is 10.2. The predicted molar refractivity (Wildman–Crippen MR) is 59.2 cm³/mol. The van der Waals surface area contributed by atoms with E-state index in [9.17, 15) is 10.1 Å². The van der Waals surface area contributed by atoms with Crippen molar-refractivity contribution in [1.29, 1.82) is 0 Å². The van der Waals surface area contributed by atoms with Gasteiger partial charge in [0.25, 0.3) is 0 Å². The summed E-state index contributed by atoms with van der Waals surface area (Å²) in [6, 6.07) is 2.91. The SMILES string of the molecule is Cn1cnnc1CNc1ncccc1[N+](=O)[O-]. The van der Waals surface area contributed by atoms with E-state index in [0.29, 0.717) is 12.4 Å². The Kier molecular flexibility index (Phi) is 2.95. The van der Waals surface area contributed by atoms with Crippen LogP contribution in [-0.4, -0.2) is 24.7 Å². The molecule has 0 saturated carbocycles. The van der Waals surface area contributed by atoms with Gasteiger partial charge in [0.15, 0.2) is 5.82 Å². The van der Waals surface area contributed by atoms with Crippen LogP contribution in [0.25, 0.3) is 0 Å². The molecule has 8 nitrogen and oxygen atoms in total. The Morgan fingerprint density at radius 2 is 2.41 bits per heavy atom. The molecule has 88 valence electrons. The maximum atomic E-state index is 10.7. The van der Waals surface area contributed by atoms with Crippen molar-refractivity contribution < 1.29 is 4.92 Å². The molecular formula is C9H10N6O2. The summed E-state index contributed by atoms with van der Waals surface area (Å²) >= 11 is 0. The fourth-order valence-corrected chi connectivity index (χ4v) is 1.31. The average Bonchev–Trinajstić information content (AvgIpc) is 2.72. The molecule has 2 rings (SSSR count). The summed E-state index contributed by atoms with van der Waals surface area (Å²) in [5, 5.41) is 21.2. The Morgan fingerprint density at radius 1 is 1.59 bits per heavy atom. The fraction of sp³-hybridized carbons (Fsp3) is 0.222. The van der Waals surface area contributed by atoms with Gasteiger partial charge in [0, 0.05) is 19.3 Å². The zero-order valence-electron chi connectivity index (χ0n) is 9.07. The number of nitrogens with zero attached hydrogens (tertiary/aromatic N) is 5. The summed E-state index contributed by atoms with van der Waals surface area (Å²) in [4.78, 5) is 14.2. The van der Waals surface area contributed by atoms with E-state index in [1.165, 1.54) is 18.3 Å². The third kappa shape index (κ3) is 2.36. The third-order valence-corrected chi connectivity index (χ3v) is 2.20. The van der Waals surface area contributed by atoms with Gasteiger partial charge in [-0.25, -0.2) is 4.98 Å². The number of rotatable bonds is 4. The van der Waals surface area contributed by atoms with E-state index >= 15 is 0 Å². The maximum Gasteiger partial charge on any atom is 0.311 e. The predicted octanol–water partition coefficient (Wildman–Crippen LogP) is 0.730. The van der Waals surface area contributed by atoms with Crippen molar-refractivity contribution in [3.8, 4) is 0 Å². The molecule has 0 amide bonds. The Morgan fingerprint density at radius 3 is 3.06 bits per heavy atom. The Hall–Kier alpha value is -2.51. The first-order valence-electron chi connectivity index (χ1n) is 4.84. The maximum absolute atomic E-state index is 10.7. The van der Waals surface area contributed by atoms with Gasteiger partial charge in [0.1, 0.15) is 6.33 Å². The first-order chi connectivity index (χ1) is 8.18. The van der Waals surface area contributed by atoms with E-state index in [0.717, 1.165) is 0 Å². The van der Waals surface area contributed by atoms with Crippen LogP contribution >= 0.6 is 0 Å². The van der Waals surface area contributed by atoms with Crippen molar-refractivity contribution in [1.82, 2.24) is 19.7 Å². The molecule has 2 aromatic rings. The standard InChI is InChI=1S/C9H10N6O2/c1-14-6-12-13-8(14)5-11-9-7(15(16)17)3-2-4-10-9/h2-4,6H,5H2,1H3,(H,10,11). The van der Waals surface area contributed by atoms with Crippen molar-refractivity contribution in [3.63, 3.8) is 0 Å². The van der Waals surface area contributed by atoms with Crippen molar-refractivity contribution >= 4 is 11.5 Å². The van der Waals surface area contributed by atoms with E-state index in [-0.39, 0.29) is 11.5 Å². The fourth-order valence-electron chi connectivity index (χ4n) is 1.31. The molecule has 1 N–H and O–H groups in total. The number of aromatic nitrogens is 4. The van der Waals surface area contributed by atoms with Gasteiger partial charge in [0.05, 0.1) is 11.5 Å². The summed E-state index contributed by atoms with van der Waals surface area (Å²) in [6.45, 7) is 0.328. The third-order valence-electron chi connectivity index (χ3n) is 2.20. The topological polar surface area (TPSA) is 98.8 Å². The largest absolute Gasteiger partial charge is 0.357 e. The summed E-state index contributed by atoms with van der Waals surface area (Å²) in [5.41, 5.74) is -0.0605. The molecule has 0 aromatic carbocycles. The van der Waals surface area contributed by atoms with E-state index in [2.05, 4.69) is 20.5 Å². The van der Waals surface area contributed by atoms with Crippen molar-refractivity contribution in [2.75, 3.05) is 5.32 Å². The van der Waals surface area contributed by atoms with Crippen LogP contribution in [0.4, 0.5) is 11.5 Å². The molecule has 0 aliphatic carbocycles. The lowest BCUT2D eigenvalue weighted by Crippen LogP contribution is -2.08. The number of pyridine rings is 1. The molecule has 0 radical (unpaired) electrons. The lowest BCUT2D eigenvalue weighted by Gasteiger charge is -2.04. The molecular weight excluding hydrogens is 224 g/mol. The minimum atomic E-state index is -0.480. The smallest absolute Gasteiger partial charge is 0.311 e. The summed E-state index contributed by atoms with van der Waals surface area (Å²) in [6.07, 6.45) is 3.05. The summed E-state index contributed by atoms with van der Waals surface area (Å²) < 4.78 is 1.72. The van der Waals surface area contributed by atoms with Gasteiger partial charge in [-0.1, -0.05) is 0 Å². The highest BCUT2D eigenvalue weighted by Crippen LogP contribution is 2.20. The highest BCUT2D eigenvalue weighted by Gasteiger charge is 2.14. The number of anilines is 1. The highest BCUT2D eigenvalue weighted by molar-refractivity contribution is 5.54. The van der Waals surface area contributed by atoms with Gasteiger partial charge in [-0.05, 0) is 6.07 Å². The lowest BCUT2D eigenvalue weighted by atomic mass is 10.4. The Bertz CT molecular complexity index is 538. The molecule has 8 heteroatoms. The van der Waals surface area contributed by atoms with Gasteiger partial charge in [0.2, 0.25) is 5.82 Å². The molecule has 17 heavy (non-hydrogen) atoms. The van der Waals surface area contributed by atoms with E-state index < -0.39 is 4.92 Å². The van der Waals surface area contributed by atoms with Crippen LogP contribution in [-0.2, 0) is 13.6 Å². The van der Waals surface area contributed by atoms with Crippen molar-refractivity contribution in [2.24, 2.45) is 7.05 Å². The first kappa shape index (κ1) is 11.0. The van der Waals surface area contributed by atoms with E-state index in [4.69, 9.17) is 0 Å². The molecule has 0 aliphatic rings. The quantitative estimate of drug-likeness (QED) is 0.618. The second kappa shape index (κ2) is 4.56. The number of nitrogens with one attached hydrogen (secondary N) is 1. The van der Waals surface area contributed by atoms with Crippen LogP contribution < -0.4 is 5.32 Å². The molecule has 0 bridgehead atoms. The van der Waals surface area contributed by atoms with Crippen LogP contribution in [0.3, 0.4) is 0 Å². The minimum absolute atomic E-state index is 0.0605. The molecule has 2 aromatic heterocycles. The summed E-state index contributed by atoms with van der Waals surface area (Å²) in [5.74, 6) is 0.894. The molecule has 0 saturated heterocycles. The molecule has 0 atom stereocenters. The van der Waals surface area contributed by atoms with Gasteiger partial charge >= 0.3 is 5.69 Å². The Labute approximate surface area is 96.5 Å². The molecule has 2 heterocycles. The minimum Gasteiger partial charge on any atom is -0.357 e. The van der Waals surface area contributed by atoms with Gasteiger partial charge in [-0.3, -0.25) is 10.1 Å². The Balaban J connectivity index is 2.14. The number of aryl methyl sites for hydroxylation is 1. The van der Waals surface area contributed by atoms with Crippen molar-refractivity contribution in [3.05, 3.63) is 40.6 Å². The van der Waals surface area contributed by atoms with Crippen LogP contribution in [0.1, 0.15) is 5.82 Å². The van der Waals surface area contributed by atoms with Gasteiger partial charge in [-0.15, -0.1) is 10.2 Å². The number of hydrogen-bond donors (Lipinski definition) is 1. The molecule has 0 aliphatic heterocycles. The van der Waals surface area contributed by atoms with Gasteiger partial charge < -0.3 is 9.88 Å². The van der Waals surface area contributed by atoms with Crippen LogP contribution in [0.5, 0.6) is 0 Å². The highest BCUT2D eigenvalue weighted by atomic mass is 16.6. The van der Waals surface area contributed by atoms with E-state index in [1.807, 2.05) is 0 Å². The van der Waals surface area contributed by atoms with Gasteiger partial charge in [-0.2, -0.15) is 0 Å². The average molecular weight is 234 g/mol. The van der Waals surface area contributed by atoms with Crippen LogP contribution in [0, 0.1) is 10.1 Å². The zero-order valence-corrected chi connectivity index (χ0v) is 9.07. The molecule has 0 unspecified atom stereocenters. The summed E-state index contributed by atoms with van der Waals surface area (Å²) in [7, 11) is 1.80. The number of nitro groups is 1. The first-order valence-corrected chi connectivity index (χ1v) is 4.84. The molecule has 0 fully saturated rings. The second-order valence-corrected chi connectivity index (χ2v) is 3.34. The zero-order chi connectivity index (χ0) is 12.3. The number of hydrogen-bond acceptors (Lipinski definition) is 6. The monoisotopic (exact) mass is 234 g/mol. The van der Waals surface area contributed by atoms with Crippen LogP contribution in [0.15, 0.2) is 24.7 Å². The van der Waals surface area contributed by atoms with Crippen molar-refractivity contribution in [2.45, 2.75) is 6.54 Å². The second-order valence-electron chi connectivity index (χ2n) is 3.34. The molecule has 0 spiro atoms.